The van der Waals surface area contributed by atoms with Crippen molar-refractivity contribution in [3.63, 3.8) is 0 Å². The monoisotopic (exact) mass is 984 g/mol. The number of fused-ring (bicyclic) bond motifs is 18. The van der Waals surface area contributed by atoms with Crippen LogP contribution in [0.4, 0.5) is 0 Å². The molecule has 0 N–H and O–H groups in total. The first kappa shape index (κ1) is 42.3. The van der Waals surface area contributed by atoms with E-state index in [2.05, 4.69) is 262 Å². The van der Waals surface area contributed by atoms with Gasteiger partial charge in [0.05, 0.1) is 61.2 Å². The molecule has 0 saturated carbocycles. The van der Waals surface area contributed by atoms with Crippen molar-refractivity contribution in [3.8, 4) is 46.0 Å². The SMILES string of the molecule is Cc1ccc(-c2c(-n3c4ccccc4c4ccccc43)c(C#N)c(-n3c4ccccc4c4c5sc6ccccc6c5c5c(c6ccccc6n5-c5ccccc5)c43)c(C#N)c2-n2c3ccccc3c3ccccc32)cc1. The zero-order valence-corrected chi connectivity index (χ0v) is 41.8. The average Bonchev–Trinajstić information content (AvgIpc) is 4.47. The third-order valence-corrected chi connectivity index (χ3v) is 17.1. The van der Waals surface area contributed by atoms with Crippen LogP contribution in [0.25, 0.3) is 141 Å². The molecule has 0 bridgehead atoms. The lowest BCUT2D eigenvalue weighted by Gasteiger charge is -2.26. The predicted octanol–water partition coefficient (Wildman–Crippen LogP) is 18.2. The minimum absolute atomic E-state index is 0.391. The van der Waals surface area contributed by atoms with E-state index in [1.807, 2.05) is 11.3 Å². The Balaban J connectivity index is 1.24. The summed E-state index contributed by atoms with van der Waals surface area (Å²) in [4.78, 5) is 0. The molecule has 0 aliphatic carbocycles. The van der Waals surface area contributed by atoms with Crippen molar-refractivity contribution >= 4 is 119 Å². The molecule has 7 heteroatoms. The first-order chi connectivity index (χ1) is 37.6. The number of hydrogen-bond donors (Lipinski definition) is 0. The van der Waals surface area contributed by atoms with Gasteiger partial charge >= 0.3 is 0 Å². The highest BCUT2D eigenvalue weighted by Gasteiger charge is 2.35. The van der Waals surface area contributed by atoms with Gasteiger partial charge in [-0.3, -0.25) is 0 Å². The maximum absolute atomic E-state index is 12.6. The predicted molar refractivity (Wildman–Crippen MR) is 316 cm³/mol. The second kappa shape index (κ2) is 15.9. The van der Waals surface area contributed by atoms with Gasteiger partial charge in [0.1, 0.15) is 23.3 Å². The zero-order chi connectivity index (χ0) is 50.3. The molecule has 76 heavy (non-hydrogen) atoms. The molecule has 0 atom stereocenters. The Kier molecular flexibility index (Phi) is 8.86. The number of rotatable bonds is 5. The van der Waals surface area contributed by atoms with E-state index < -0.39 is 0 Å². The van der Waals surface area contributed by atoms with Gasteiger partial charge in [0.25, 0.3) is 0 Å². The van der Waals surface area contributed by atoms with Crippen LogP contribution in [0.1, 0.15) is 16.7 Å². The van der Waals surface area contributed by atoms with E-state index in [1.165, 1.54) is 15.5 Å². The molecule has 16 aromatic rings. The van der Waals surface area contributed by atoms with E-state index in [1.54, 1.807) is 0 Å². The van der Waals surface area contributed by atoms with Gasteiger partial charge in [-0.05, 0) is 67.1 Å². The van der Waals surface area contributed by atoms with Gasteiger partial charge in [-0.25, -0.2) is 0 Å². The van der Waals surface area contributed by atoms with Gasteiger partial charge in [-0.1, -0.05) is 175 Å². The zero-order valence-electron chi connectivity index (χ0n) is 41.0. The van der Waals surface area contributed by atoms with Gasteiger partial charge in [0.2, 0.25) is 0 Å². The van der Waals surface area contributed by atoms with E-state index in [0.717, 1.165) is 114 Å². The van der Waals surface area contributed by atoms with E-state index in [9.17, 15) is 10.5 Å². The van der Waals surface area contributed by atoms with E-state index in [-0.39, 0.29) is 0 Å². The smallest absolute Gasteiger partial charge is 0.104 e. The highest BCUT2D eigenvalue weighted by Crippen LogP contribution is 2.54. The van der Waals surface area contributed by atoms with Crippen LogP contribution in [-0.2, 0) is 0 Å². The summed E-state index contributed by atoms with van der Waals surface area (Å²) >= 11 is 1.81. The van der Waals surface area contributed by atoms with Crippen LogP contribution in [-0.4, -0.2) is 18.3 Å². The van der Waals surface area contributed by atoms with Crippen molar-refractivity contribution in [2.75, 3.05) is 0 Å². The number of nitrogens with zero attached hydrogens (tertiary/aromatic N) is 6. The summed E-state index contributed by atoms with van der Waals surface area (Å²) in [6, 6.07) is 85.1. The van der Waals surface area contributed by atoms with Crippen molar-refractivity contribution in [1.29, 1.82) is 10.5 Å². The van der Waals surface area contributed by atoms with Crippen LogP contribution in [0.2, 0.25) is 0 Å². The number of aromatic nitrogens is 4. The van der Waals surface area contributed by atoms with Gasteiger partial charge < -0.3 is 18.3 Å². The third-order valence-electron chi connectivity index (χ3n) is 15.9. The Hall–Kier alpha value is -10.2. The fraction of sp³-hybridized carbons (Fsp3) is 0.0145. The standard InChI is InChI=1S/C69H40N6S/c1-41-35-37-42(38-36-41)60-65(73-53-28-12-5-21-44(53)45-22-6-13-29-54(45)73)51(39-70)64(52(40-71)66(60)74-55-30-14-7-23-46(55)47-24-8-15-31-56(47)74)75-58-33-17-10-26-49(58)62-68(75)61-48-25-9-16-32-57(48)72(43-19-3-2-4-20-43)67(61)63-50-27-11-18-34-59(50)76-69(62)63/h2-38H,1H3. The Morgan fingerprint density at radius 2 is 0.724 bits per heavy atom. The molecule has 0 aliphatic heterocycles. The molecule has 352 valence electrons. The first-order valence-electron chi connectivity index (χ1n) is 25.6. The summed E-state index contributed by atoms with van der Waals surface area (Å²) in [6.45, 7) is 2.10. The summed E-state index contributed by atoms with van der Waals surface area (Å²) in [6.07, 6.45) is 0. The van der Waals surface area contributed by atoms with Crippen LogP contribution in [0, 0.1) is 29.6 Å². The highest BCUT2D eigenvalue weighted by molar-refractivity contribution is 7.27. The number of aryl methyl sites for hydroxylation is 1. The first-order valence-corrected chi connectivity index (χ1v) is 26.4. The quantitative estimate of drug-likeness (QED) is 0.172. The molecule has 5 heterocycles. The number of hydrogen-bond acceptors (Lipinski definition) is 3. The number of para-hydroxylation sites is 7. The van der Waals surface area contributed by atoms with E-state index in [0.29, 0.717) is 28.2 Å². The van der Waals surface area contributed by atoms with Gasteiger partial charge in [-0.15, -0.1) is 11.3 Å². The summed E-state index contributed by atoms with van der Waals surface area (Å²) in [5.41, 5.74) is 14.4. The largest absolute Gasteiger partial charge is 0.308 e. The molecule has 0 amide bonds. The number of nitriles is 2. The molecule has 6 nitrogen and oxygen atoms in total. The summed E-state index contributed by atoms with van der Waals surface area (Å²) < 4.78 is 11.7. The molecule has 5 aromatic heterocycles. The average molecular weight is 985 g/mol. The van der Waals surface area contributed by atoms with Crippen LogP contribution in [0.15, 0.2) is 224 Å². The number of benzene rings is 11. The Morgan fingerprint density at radius 1 is 0.342 bits per heavy atom. The topological polar surface area (TPSA) is 67.3 Å². The maximum Gasteiger partial charge on any atom is 0.104 e. The minimum atomic E-state index is 0.391. The normalized spacial score (nSPS) is 12.0. The van der Waals surface area contributed by atoms with Gasteiger partial charge in [0.15, 0.2) is 0 Å². The van der Waals surface area contributed by atoms with Crippen molar-refractivity contribution in [2.45, 2.75) is 6.92 Å². The molecule has 0 saturated heterocycles. The molecular weight excluding hydrogens is 945 g/mol. The third kappa shape index (κ3) is 5.56. The fourth-order valence-electron chi connectivity index (χ4n) is 12.9. The Labute approximate surface area is 439 Å². The molecule has 0 fully saturated rings. The lowest BCUT2D eigenvalue weighted by atomic mass is 9.91. The molecule has 0 aliphatic rings. The highest BCUT2D eigenvalue weighted by atomic mass is 32.1. The molecule has 0 unspecified atom stereocenters. The van der Waals surface area contributed by atoms with E-state index >= 15 is 0 Å². The second-order valence-corrected chi connectivity index (χ2v) is 20.8. The maximum atomic E-state index is 12.6. The molecule has 0 spiro atoms. The Morgan fingerprint density at radius 3 is 1.22 bits per heavy atom. The molecular formula is C69H40N6S. The summed E-state index contributed by atoms with van der Waals surface area (Å²) in [5.74, 6) is 0. The Bertz CT molecular complexity index is 5000. The summed E-state index contributed by atoms with van der Waals surface area (Å²) in [7, 11) is 0. The summed E-state index contributed by atoms with van der Waals surface area (Å²) in [5, 5.41) is 36.1. The van der Waals surface area contributed by atoms with Crippen LogP contribution < -0.4 is 0 Å². The van der Waals surface area contributed by atoms with Crippen LogP contribution in [0.5, 0.6) is 0 Å². The van der Waals surface area contributed by atoms with Gasteiger partial charge in [0, 0.05) is 74.5 Å². The number of thiophene rings is 1. The van der Waals surface area contributed by atoms with Crippen molar-refractivity contribution in [1.82, 2.24) is 18.3 Å². The van der Waals surface area contributed by atoms with Crippen molar-refractivity contribution in [2.24, 2.45) is 0 Å². The van der Waals surface area contributed by atoms with Crippen LogP contribution >= 0.6 is 11.3 Å². The lowest BCUT2D eigenvalue weighted by Crippen LogP contribution is -2.14. The minimum Gasteiger partial charge on any atom is -0.308 e. The fourth-order valence-corrected chi connectivity index (χ4v) is 14.1. The van der Waals surface area contributed by atoms with E-state index in [4.69, 9.17) is 0 Å². The van der Waals surface area contributed by atoms with Crippen LogP contribution in [0.3, 0.4) is 0 Å². The second-order valence-electron chi connectivity index (χ2n) is 19.8. The van der Waals surface area contributed by atoms with Crippen molar-refractivity contribution in [3.05, 3.63) is 241 Å². The van der Waals surface area contributed by atoms with Crippen molar-refractivity contribution < 1.29 is 0 Å². The van der Waals surface area contributed by atoms with Gasteiger partial charge in [-0.2, -0.15) is 10.5 Å². The molecule has 0 radical (unpaired) electrons. The lowest BCUT2D eigenvalue weighted by molar-refractivity contribution is 1.08. The molecule has 16 rings (SSSR count). The molecule has 11 aromatic carbocycles.